The monoisotopic (exact) mass is 238 g/mol. The SMILES string of the molecule is O=C(N[C@@H]1CNCC1F)OCc1ccccc1. The van der Waals surface area contributed by atoms with Gasteiger partial charge in [-0.15, -0.1) is 0 Å². The van der Waals surface area contributed by atoms with Crippen molar-refractivity contribution in [3.05, 3.63) is 35.9 Å². The van der Waals surface area contributed by atoms with E-state index in [1.54, 1.807) is 0 Å². The number of amides is 1. The topological polar surface area (TPSA) is 50.4 Å². The zero-order chi connectivity index (χ0) is 12.1. The van der Waals surface area contributed by atoms with E-state index in [1.807, 2.05) is 30.3 Å². The highest BCUT2D eigenvalue weighted by Crippen LogP contribution is 2.05. The first-order valence-electron chi connectivity index (χ1n) is 5.57. The van der Waals surface area contributed by atoms with Crippen LogP contribution in [0.25, 0.3) is 0 Å². The summed E-state index contributed by atoms with van der Waals surface area (Å²) in [6.45, 7) is 0.926. The van der Waals surface area contributed by atoms with Crippen LogP contribution in [0.2, 0.25) is 0 Å². The second-order valence-electron chi connectivity index (χ2n) is 3.99. The Morgan fingerprint density at radius 1 is 1.41 bits per heavy atom. The molecule has 0 radical (unpaired) electrons. The van der Waals surface area contributed by atoms with Gasteiger partial charge in [0.2, 0.25) is 0 Å². The fourth-order valence-corrected chi connectivity index (χ4v) is 1.70. The van der Waals surface area contributed by atoms with Gasteiger partial charge < -0.3 is 15.4 Å². The summed E-state index contributed by atoms with van der Waals surface area (Å²) in [6.07, 6.45) is -1.62. The molecule has 0 spiro atoms. The van der Waals surface area contributed by atoms with Gasteiger partial charge in [-0.25, -0.2) is 9.18 Å². The first-order valence-corrected chi connectivity index (χ1v) is 5.57. The summed E-state index contributed by atoms with van der Waals surface area (Å²) in [5.74, 6) is 0. The molecule has 1 aliphatic heterocycles. The molecule has 0 saturated carbocycles. The molecule has 17 heavy (non-hydrogen) atoms. The number of halogens is 1. The number of hydrogen-bond donors (Lipinski definition) is 2. The molecule has 5 heteroatoms. The standard InChI is InChI=1S/C12H15FN2O2/c13-10-6-14-7-11(10)15-12(16)17-8-9-4-2-1-3-5-9/h1-5,10-11,14H,6-8H2,(H,15,16)/t10?,11-/m1/s1. The van der Waals surface area contributed by atoms with Gasteiger partial charge in [0.15, 0.2) is 0 Å². The molecular weight excluding hydrogens is 223 g/mol. The van der Waals surface area contributed by atoms with Crippen LogP contribution < -0.4 is 10.6 Å². The lowest BCUT2D eigenvalue weighted by Gasteiger charge is -2.13. The van der Waals surface area contributed by atoms with Crippen LogP contribution in [0.5, 0.6) is 0 Å². The van der Waals surface area contributed by atoms with Crippen molar-refractivity contribution in [2.24, 2.45) is 0 Å². The van der Waals surface area contributed by atoms with E-state index in [1.165, 1.54) is 0 Å². The molecule has 0 aliphatic carbocycles. The highest BCUT2D eigenvalue weighted by atomic mass is 19.1. The molecule has 2 N–H and O–H groups in total. The van der Waals surface area contributed by atoms with Crippen LogP contribution in [0.1, 0.15) is 5.56 Å². The molecule has 1 aliphatic rings. The number of alkyl carbamates (subject to hydrolysis) is 1. The smallest absolute Gasteiger partial charge is 0.407 e. The number of carbonyl (C=O) groups excluding carboxylic acids is 1. The molecule has 1 amide bonds. The zero-order valence-electron chi connectivity index (χ0n) is 9.36. The average molecular weight is 238 g/mol. The molecule has 1 heterocycles. The minimum Gasteiger partial charge on any atom is -0.445 e. The maximum absolute atomic E-state index is 13.2. The highest BCUT2D eigenvalue weighted by molar-refractivity contribution is 5.67. The third-order valence-corrected chi connectivity index (χ3v) is 2.66. The van der Waals surface area contributed by atoms with Gasteiger partial charge in [0, 0.05) is 13.1 Å². The van der Waals surface area contributed by atoms with E-state index in [4.69, 9.17) is 4.74 Å². The Morgan fingerprint density at radius 3 is 2.82 bits per heavy atom. The number of alkyl halides is 1. The molecule has 1 aromatic rings. The van der Waals surface area contributed by atoms with Gasteiger partial charge >= 0.3 is 6.09 Å². The number of hydrogen-bond acceptors (Lipinski definition) is 3. The third-order valence-electron chi connectivity index (χ3n) is 2.66. The fraction of sp³-hybridized carbons (Fsp3) is 0.417. The molecule has 1 unspecified atom stereocenters. The van der Waals surface area contributed by atoms with Crippen molar-refractivity contribution in [1.82, 2.24) is 10.6 Å². The van der Waals surface area contributed by atoms with Gasteiger partial charge in [-0.2, -0.15) is 0 Å². The molecule has 1 saturated heterocycles. The maximum atomic E-state index is 13.2. The Bertz CT molecular complexity index is 372. The van der Waals surface area contributed by atoms with Crippen LogP contribution in [0.4, 0.5) is 9.18 Å². The van der Waals surface area contributed by atoms with Gasteiger partial charge in [0.1, 0.15) is 12.8 Å². The van der Waals surface area contributed by atoms with E-state index in [-0.39, 0.29) is 13.2 Å². The molecule has 0 bridgehead atoms. The number of rotatable bonds is 3. The predicted molar refractivity (Wildman–Crippen MR) is 61.3 cm³/mol. The Kier molecular flexibility index (Phi) is 3.93. The largest absolute Gasteiger partial charge is 0.445 e. The lowest BCUT2D eigenvalue weighted by atomic mass is 10.2. The number of carbonyl (C=O) groups is 1. The summed E-state index contributed by atoms with van der Waals surface area (Å²) < 4.78 is 18.2. The molecule has 4 nitrogen and oxygen atoms in total. The summed E-state index contributed by atoms with van der Waals surface area (Å²) in [7, 11) is 0. The molecule has 0 aromatic heterocycles. The summed E-state index contributed by atoms with van der Waals surface area (Å²) >= 11 is 0. The zero-order valence-corrected chi connectivity index (χ0v) is 9.36. The van der Waals surface area contributed by atoms with Gasteiger partial charge in [0.05, 0.1) is 6.04 Å². The number of benzene rings is 1. The lowest BCUT2D eigenvalue weighted by molar-refractivity contribution is 0.132. The minimum absolute atomic E-state index is 0.198. The van der Waals surface area contributed by atoms with Gasteiger partial charge in [-0.05, 0) is 5.56 Å². The first-order chi connectivity index (χ1) is 8.25. The first kappa shape index (κ1) is 11.9. The van der Waals surface area contributed by atoms with Crippen LogP contribution in [-0.4, -0.2) is 31.4 Å². The van der Waals surface area contributed by atoms with E-state index in [9.17, 15) is 9.18 Å². The predicted octanol–water partition coefficient (Wildman–Crippen LogP) is 1.22. The Balaban J connectivity index is 1.74. The van der Waals surface area contributed by atoms with Crippen LogP contribution in [-0.2, 0) is 11.3 Å². The molecule has 1 aromatic carbocycles. The van der Waals surface area contributed by atoms with Crippen LogP contribution in [0, 0.1) is 0 Å². The van der Waals surface area contributed by atoms with Crippen molar-refractivity contribution < 1.29 is 13.9 Å². The number of ether oxygens (including phenoxy) is 1. The normalized spacial score (nSPS) is 23.4. The Labute approximate surface area is 99.2 Å². The van der Waals surface area contributed by atoms with Gasteiger partial charge in [-0.1, -0.05) is 30.3 Å². The van der Waals surface area contributed by atoms with Crippen LogP contribution >= 0.6 is 0 Å². The summed E-state index contributed by atoms with van der Waals surface area (Å²) in [4.78, 5) is 11.4. The van der Waals surface area contributed by atoms with E-state index in [2.05, 4.69) is 10.6 Å². The maximum Gasteiger partial charge on any atom is 0.407 e. The second kappa shape index (κ2) is 5.63. The van der Waals surface area contributed by atoms with Crippen molar-refractivity contribution in [2.75, 3.05) is 13.1 Å². The lowest BCUT2D eigenvalue weighted by Crippen LogP contribution is -2.41. The van der Waals surface area contributed by atoms with E-state index >= 15 is 0 Å². The third kappa shape index (κ3) is 3.42. The van der Waals surface area contributed by atoms with Crippen molar-refractivity contribution in [3.63, 3.8) is 0 Å². The van der Waals surface area contributed by atoms with Gasteiger partial charge in [0.25, 0.3) is 0 Å². The molecular formula is C12H15FN2O2. The second-order valence-corrected chi connectivity index (χ2v) is 3.99. The molecule has 2 rings (SSSR count). The average Bonchev–Trinajstić information content (AvgIpc) is 2.74. The van der Waals surface area contributed by atoms with E-state index < -0.39 is 18.3 Å². The van der Waals surface area contributed by atoms with E-state index in [0.29, 0.717) is 6.54 Å². The Hall–Kier alpha value is -1.62. The van der Waals surface area contributed by atoms with Crippen molar-refractivity contribution in [3.8, 4) is 0 Å². The molecule has 92 valence electrons. The Morgan fingerprint density at radius 2 is 2.18 bits per heavy atom. The van der Waals surface area contributed by atoms with Crippen molar-refractivity contribution in [2.45, 2.75) is 18.8 Å². The quantitative estimate of drug-likeness (QED) is 0.832. The highest BCUT2D eigenvalue weighted by Gasteiger charge is 2.28. The molecule has 2 atom stereocenters. The van der Waals surface area contributed by atoms with Crippen molar-refractivity contribution in [1.29, 1.82) is 0 Å². The summed E-state index contributed by atoms with van der Waals surface area (Å²) in [6, 6.07) is 8.87. The van der Waals surface area contributed by atoms with E-state index in [0.717, 1.165) is 5.56 Å². The minimum atomic E-state index is -1.04. The molecule has 1 fully saturated rings. The van der Waals surface area contributed by atoms with Crippen LogP contribution in [0.15, 0.2) is 30.3 Å². The van der Waals surface area contributed by atoms with Crippen LogP contribution in [0.3, 0.4) is 0 Å². The fourth-order valence-electron chi connectivity index (χ4n) is 1.70. The number of nitrogens with one attached hydrogen (secondary N) is 2. The van der Waals surface area contributed by atoms with Gasteiger partial charge in [-0.3, -0.25) is 0 Å². The van der Waals surface area contributed by atoms with Crippen molar-refractivity contribution >= 4 is 6.09 Å². The summed E-state index contributed by atoms with van der Waals surface area (Å²) in [5, 5.41) is 5.36. The summed E-state index contributed by atoms with van der Waals surface area (Å²) in [5.41, 5.74) is 0.906.